The van der Waals surface area contributed by atoms with Crippen molar-refractivity contribution < 1.29 is 13.9 Å². The summed E-state index contributed by atoms with van der Waals surface area (Å²) in [6.07, 6.45) is 1.03. The number of nitrogens with zero attached hydrogens (tertiary/aromatic N) is 1. The number of methoxy groups -OCH3 is 1. The first-order valence-electron chi connectivity index (χ1n) is 7.06. The highest BCUT2D eigenvalue weighted by Crippen LogP contribution is 2.22. The van der Waals surface area contributed by atoms with Crippen molar-refractivity contribution in [1.82, 2.24) is 4.90 Å². The summed E-state index contributed by atoms with van der Waals surface area (Å²) >= 11 is 0. The van der Waals surface area contributed by atoms with Gasteiger partial charge in [-0.05, 0) is 24.1 Å². The zero-order valence-electron chi connectivity index (χ0n) is 12.1. The lowest BCUT2D eigenvalue weighted by Gasteiger charge is -2.36. The monoisotopic (exact) mass is 282 g/mol. The third kappa shape index (κ3) is 3.48. The third-order valence-electron chi connectivity index (χ3n) is 3.86. The molecule has 0 radical (unpaired) electrons. The lowest BCUT2D eigenvalue weighted by molar-refractivity contribution is -0.0110. The maximum atomic E-state index is 13.7. The highest BCUT2D eigenvalue weighted by molar-refractivity contribution is 5.31. The van der Waals surface area contributed by atoms with E-state index in [1.165, 1.54) is 13.2 Å². The molecule has 0 bridgehead atoms. The van der Waals surface area contributed by atoms with Crippen LogP contribution < -0.4 is 10.5 Å². The molecule has 0 spiro atoms. The molecule has 2 rings (SSSR count). The fraction of sp³-hybridized carbons (Fsp3) is 0.600. The topological polar surface area (TPSA) is 47.7 Å². The first kappa shape index (κ1) is 15.2. The van der Waals surface area contributed by atoms with E-state index in [9.17, 15) is 4.39 Å². The van der Waals surface area contributed by atoms with Gasteiger partial charge in [0.25, 0.3) is 0 Å². The van der Waals surface area contributed by atoms with Gasteiger partial charge in [0, 0.05) is 25.2 Å². The van der Waals surface area contributed by atoms with Gasteiger partial charge in [-0.25, -0.2) is 4.39 Å². The normalized spacial score (nSPS) is 21.7. The van der Waals surface area contributed by atoms with E-state index < -0.39 is 0 Å². The number of morpholine rings is 1. The molecule has 112 valence electrons. The van der Waals surface area contributed by atoms with Crippen molar-refractivity contribution in [2.75, 3.05) is 33.4 Å². The Labute approximate surface area is 119 Å². The van der Waals surface area contributed by atoms with Gasteiger partial charge in [-0.15, -0.1) is 0 Å². The first-order chi connectivity index (χ1) is 9.65. The van der Waals surface area contributed by atoms with Gasteiger partial charge in [0.1, 0.15) is 0 Å². The van der Waals surface area contributed by atoms with E-state index in [-0.39, 0.29) is 17.6 Å². The molecule has 0 amide bonds. The van der Waals surface area contributed by atoms with E-state index in [4.69, 9.17) is 15.2 Å². The van der Waals surface area contributed by atoms with Gasteiger partial charge in [0.05, 0.1) is 20.3 Å². The number of benzene rings is 1. The van der Waals surface area contributed by atoms with Gasteiger partial charge in [0.15, 0.2) is 11.6 Å². The minimum absolute atomic E-state index is 0.206. The standard InChI is InChI=1S/C15H23FN2O2/c1-3-12-10-20-7-6-18(12)9-14(17)11-4-5-15(19-2)13(16)8-11/h4-5,8,12,14H,3,6-7,9-10,17H2,1-2H3. The zero-order chi connectivity index (χ0) is 14.5. The van der Waals surface area contributed by atoms with Gasteiger partial charge in [0.2, 0.25) is 0 Å². The van der Waals surface area contributed by atoms with Crippen LogP contribution >= 0.6 is 0 Å². The van der Waals surface area contributed by atoms with Gasteiger partial charge < -0.3 is 15.2 Å². The molecule has 1 aromatic rings. The molecule has 0 saturated carbocycles. The molecule has 20 heavy (non-hydrogen) atoms. The van der Waals surface area contributed by atoms with Crippen molar-refractivity contribution in [2.45, 2.75) is 25.4 Å². The van der Waals surface area contributed by atoms with E-state index in [1.807, 2.05) is 6.07 Å². The molecule has 1 fully saturated rings. The second-order valence-corrected chi connectivity index (χ2v) is 5.13. The summed E-state index contributed by atoms with van der Waals surface area (Å²) in [5.41, 5.74) is 7.01. The highest BCUT2D eigenvalue weighted by atomic mass is 19.1. The Hall–Kier alpha value is -1.17. The van der Waals surface area contributed by atoms with E-state index in [1.54, 1.807) is 6.07 Å². The summed E-state index contributed by atoms with van der Waals surface area (Å²) in [5, 5.41) is 0. The average Bonchev–Trinajstić information content (AvgIpc) is 2.47. The fourth-order valence-corrected chi connectivity index (χ4v) is 2.58. The summed E-state index contributed by atoms with van der Waals surface area (Å²) in [6.45, 7) is 5.23. The van der Waals surface area contributed by atoms with Crippen LogP contribution in [0, 0.1) is 5.82 Å². The van der Waals surface area contributed by atoms with Crippen LogP contribution in [0.1, 0.15) is 24.9 Å². The van der Waals surface area contributed by atoms with Crippen molar-refractivity contribution in [1.29, 1.82) is 0 Å². The quantitative estimate of drug-likeness (QED) is 0.896. The maximum Gasteiger partial charge on any atom is 0.165 e. The molecular weight excluding hydrogens is 259 g/mol. The number of rotatable bonds is 5. The molecule has 0 aliphatic carbocycles. The van der Waals surface area contributed by atoms with Gasteiger partial charge in [-0.1, -0.05) is 13.0 Å². The molecule has 1 aromatic carbocycles. The molecule has 2 atom stereocenters. The third-order valence-corrected chi connectivity index (χ3v) is 3.86. The van der Waals surface area contributed by atoms with Gasteiger partial charge in [-0.3, -0.25) is 4.90 Å². The summed E-state index contributed by atoms with van der Waals surface area (Å²) in [6, 6.07) is 5.11. The van der Waals surface area contributed by atoms with E-state index in [2.05, 4.69) is 11.8 Å². The van der Waals surface area contributed by atoms with Crippen molar-refractivity contribution in [3.63, 3.8) is 0 Å². The van der Waals surface area contributed by atoms with Crippen LogP contribution in [0.25, 0.3) is 0 Å². The molecule has 2 N–H and O–H groups in total. The molecule has 2 unspecified atom stereocenters. The SMILES string of the molecule is CCC1COCCN1CC(N)c1ccc(OC)c(F)c1. The summed E-state index contributed by atoms with van der Waals surface area (Å²) in [7, 11) is 1.46. The van der Waals surface area contributed by atoms with Gasteiger partial charge in [-0.2, -0.15) is 0 Å². The molecule has 1 saturated heterocycles. The number of ether oxygens (including phenoxy) is 2. The second-order valence-electron chi connectivity index (χ2n) is 5.13. The summed E-state index contributed by atoms with van der Waals surface area (Å²) in [5.74, 6) is -0.117. The summed E-state index contributed by atoms with van der Waals surface area (Å²) < 4.78 is 24.1. The predicted molar refractivity (Wildman–Crippen MR) is 76.4 cm³/mol. The maximum absolute atomic E-state index is 13.7. The molecule has 5 heteroatoms. The van der Waals surface area contributed by atoms with E-state index >= 15 is 0 Å². The van der Waals surface area contributed by atoms with Crippen molar-refractivity contribution >= 4 is 0 Å². The molecule has 1 aliphatic heterocycles. The highest BCUT2D eigenvalue weighted by Gasteiger charge is 2.23. The lowest BCUT2D eigenvalue weighted by Crippen LogP contribution is -2.47. The molecule has 0 aromatic heterocycles. The molecule has 1 heterocycles. The number of nitrogens with two attached hydrogens (primary N) is 1. The minimum atomic E-state index is -0.366. The van der Waals surface area contributed by atoms with Crippen LogP contribution in [0.5, 0.6) is 5.75 Å². The first-order valence-corrected chi connectivity index (χ1v) is 7.06. The van der Waals surface area contributed by atoms with Crippen LogP contribution in [0.4, 0.5) is 4.39 Å². The van der Waals surface area contributed by atoms with Crippen molar-refractivity contribution in [3.05, 3.63) is 29.6 Å². The Balaban J connectivity index is 2.03. The smallest absolute Gasteiger partial charge is 0.165 e. The van der Waals surface area contributed by atoms with Crippen LogP contribution in [-0.4, -0.2) is 44.4 Å². The van der Waals surface area contributed by atoms with E-state index in [0.29, 0.717) is 12.6 Å². The summed E-state index contributed by atoms with van der Waals surface area (Å²) in [4.78, 5) is 2.33. The van der Waals surface area contributed by atoms with Crippen molar-refractivity contribution in [3.8, 4) is 5.75 Å². The van der Waals surface area contributed by atoms with E-state index in [0.717, 1.165) is 31.7 Å². The second kappa shape index (κ2) is 7.02. The lowest BCUT2D eigenvalue weighted by atomic mass is 10.0. The number of hydrogen-bond donors (Lipinski definition) is 1. The number of halogens is 1. The van der Waals surface area contributed by atoms with Crippen LogP contribution in [0.3, 0.4) is 0 Å². The molecule has 4 nitrogen and oxygen atoms in total. The minimum Gasteiger partial charge on any atom is -0.494 e. The Bertz CT molecular complexity index is 442. The largest absolute Gasteiger partial charge is 0.494 e. The Morgan fingerprint density at radius 2 is 2.35 bits per heavy atom. The Kier molecular flexibility index (Phi) is 5.34. The van der Waals surface area contributed by atoms with Crippen molar-refractivity contribution in [2.24, 2.45) is 5.73 Å². The molecule has 1 aliphatic rings. The predicted octanol–water partition coefficient (Wildman–Crippen LogP) is 1.94. The Morgan fingerprint density at radius 3 is 3.00 bits per heavy atom. The van der Waals surface area contributed by atoms with Crippen LogP contribution in [0.15, 0.2) is 18.2 Å². The Morgan fingerprint density at radius 1 is 1.55 bits per heavy atom. The van der Waals surface area contributed by atoms with Crippen LogP contribution in [0.2, 0.25) is 0 Å². The molecular formula is C15H23FN2O2. The fourth-order valence-electron chi connectivity index (χ4n) is 2.58. The van der Waals surface area contributed by atoms with Crippen LogP contribution in [-0.2, 0) is 4.74 Å². The zero-order valence-corrected chi connectivity index (χ0v) is 12.1. The average molecular weight is 282 g/mol. The van der Waals surface area contributed by atoms with Gasteiger partial charge >= 0.3 is 0 Å². The number of hydrogen-bond acceptors (Lipinski definition) is 4.